The maximum Gasteiger partial charge on any atom is 0.266 e. The van der Waals surface area contributed by atoms with Crippen LogP contribution in [0.4, 0.5) is 0 Å². The Morgan fingerprint density at radius 1 is 0.931 bits per heavy atom. The molecule has 1 unspecified atom stereocenters. The summed E-state index contributed by atoms with van der Waals surface area (Å²) >= 11 is 0. The van der Waals surface area contributed by atoms with Crippen molar-refractivity contribution in [2.24, 2.45) is 0 Å². The summed E-state index contributed by atoms with van der Waals surface area (Å²) in [6, 6.07) is 13.3. The Morgan fingerprint density at radius 2 is 1.66 bits per heavy atom. The van der Waals surface area contributed by atoms with Crippen LogP contribution < -0.4 is 9.83 Å². The predicted octanol–water partition coefficient (Wildman–Crippen LogP) is 7.39. The molecule has 0 aromatic heterocycles. The Balaban J connectivity index is 1.69. The minimum Gasteiger partial charge on any atom is -0.443 e. The molecule has 0 N–H and O–H groups in total. The lowest BCUT2D eigenvalue weighted by atomic mass is 9.93. The number of hydrogen-bond acceptors (Lipinski definition) is 2. The smallest absolute Gasteiger partial charge is 0.266 e. The van der Waals surface area contributed by atoms with Crippen molar-refractivity contribution in [3.05, 3.63) is 83.5 Å². The summed E-state index contributed by atoms with van der Waals surface area (Å²) in [6.07, 6.45) is 11.6. The van der Waals surface area contributed by atoms with Crippen molar-refractivity contribution < 1.29 is 9.05 Å². The lowest BCUT2D eigenvalue weighted by Gasteiger charge is -2.29. The van der Waals surface area contributed by atoms with E-state index in [4.69, 9.17) is 9.05 Å². The SMILES string of the molecule is CC(C)c1ccc2c(c1)-c1cc(C(C)C)ccc1P(OCC1=CCC=CC=C1)O2. The molecule has 0 fully saturated rings. The Hall–Kier alpha value is -2.15. The molecule has 29 heavy (non-hydrogen) atoms. The van der Waals surface area contributed by atoms with Gasteiger partial charge in [0.25, 0.3) is 8.38 Å². The van der Waals surface area contributed by atoms with Gasteiger partial charge in [-0.25, -0.2) is 0 Å². The molecule has 0 bridgehead atoms. The van der Waals surface area contributed by atoms with Gasteiger partial charge >= 0.3 is 0 Å². The molecule has 0 spiro atoms. The number of benzene rings is 2. The zero-order valence-corrected chi connectivity index (χ0v) is 18.6. The van der Waals surface area contributed by atoms with Crippen LogP contribution in [0.5, 0.6) is 5.75 Å². The van der Waals surface area contributed by atoms with Gasteiger partial charge in [0.15, 0.2) is 0 Å². The van der Waals surface area contributed by atoms with Crippen LogP contribution in [0.1, 0.15) is 57.1 Å². The normalized spacial score (nSPS) is 17.6. The fourth-order valence-electron chi connectivity index (χ4n) is 3.58. The summed E-state index contributed by atoms with van der Waals surface area (Å²) in [7, 11) is -1.16. The van der Waals surface area contributed by atoms with E-state index in [1.807, 2.05) is 0 Å². The van der Waals surface area contributed by atoms with Crippen LogP contribution in [-0.4, -0.2) is 6.61 Å². The predicted molar refractivity (Wildman–Crippen MR) is 124 cm³/mol. The van der Waals surface area contributed by atoms with Gasteiger partial charge in [-0.1, -0.05) is 70.2 Å². The second-order valence-electron chi connectivity index (χ2n) is 8.27. The Kier molecular flexibility index (Phi) is 6.04. The van der Waals surface area contributed by atoms with Crippen molar-refractivity contribution in [2.45, 2.75) is 46.0 Å². The Bertz CT molecular complexity index is 982. The molecule has 0 saturated carbocycles. The average Bonchev–Trinajstić information content (AvgIpc) is 3.00. The largest absolute Gasteiger partial charge is 0.443 e. The van der Waals surface area contributed by atoms with Crippen molar-refractivity contribution in [3.63, 3.8) is 0 Å². The van der Waals surface area contributed by atoms with E-state index < -0.39 is 8.38 Å². The summed E-state index contributed by atoms with van der Waals surface area (Å²) in [5.74, 6) is 1.90. The van der Waals surface area contributed by atoms with Gasteiger partial charge in [-0.2, -0.15) is 0 Å². The third-order valence-corrected chi connectivity index (χ3v) is 6.96. The van der Waals surface area contributed by atoms with E-state index in [9.17, 15) is 0 Å². The van der Waals surface area contributed by atoms with E-state index >= 15 is 0 Å². The fourth-order valence-corrected chi connectivity index (χ4v) is 5.06. The van der Waals surface area contributed by atoms with Gasteiger partial charge in [-0.3, -0.25) is 0 Å². The summed E-state index contributed by atoms with van der Waals surface area (Å²) in [6.45, 7) is 9.51. The Labute approximate surface area is 175 Å². The molecule has 2 nitrogen and oxygen atoms in total. The van der Waals surface area contributed by atoms with E-state index in [2.05, 4.69) is 94.5 Å². The highest BCUT2D eigenvalue weighted by Gasteiger charge is 2.29. The van der Waals surface area contributed by atoms with Gasteiger partial charge < -0.3 is 9.05 Å². The topological polar surface area (TPSA) is 18.5 Å². The zero-order chi connectivity index (χ0) is 20.4. The highest BCUT2D eigenvalue weighted by molar-refractivity contribution is 7.56. The molecule has 1 aliphatic heterocycles. The third kappa shape index (κ3) is 4.39. The lowest BCUT2D eigenvalue weighted by Crippen LogP contribution is -2.17. The first kappa shape index (κ1) is 20.1. The number of allylic oxidation sites excluding steroid dienone is 4. The highest BCUT2D eigenvalue weighted by atomic mass is 31.2. The molecule has 150 valence electrons. The maximum absolute atomic E-state index is 6.39. The Morgan fingerprint density at radius 3 is 2.41 bits per heavy atom. The molecule has 2 aliphatic rings. The monoisotopic (exact) mass is 404 g/mol. The molecule has 3 heteroatoms. The van der Waals surface area contributed by atoms with Gasteiger partial charge in [0.05, 0.1) is 11.9 Å². The average molecular weight is 404 g/mol. The lowest BCUT2D eigenvalue weighted by molar-refractivity contribution is 0.354. The van der Waals surface area contributed by atoms with Gasteiger partial charge in [-0.15, -0.1) is 0 Å². The van der Waals surface area contributed by atoms with Gasteiger partial charge in [0, 0.05) is 5.56 Å². The number of hydrogen-bond donors (Lipinski definition) is 0. The van der Waals surface area contributed by atoms with E-state index in [1.54, 1.807) is 0 Å². The second kappa shape index (κ2) is 8.69. The molecular formula is C26H29O2P. The standard InChI is InChI=1S/C26H29O2P/c1-18(2)21-11-13-25-23(15-21)24-16-22(19(3)4)12-14-26(24)29(28-25)27-17-20-9-7-5-6-8-10-20/h5-7,9-16,18-19H,8,17H2,1-4H3. The van der Waals surface area contributed by atoms with Gasteiger partial charge in [0.2, 0.25) is 0 Å². The van der Waals surface area contributed by atoms with Gasteiger partial charge in [-0.05, 0) is 64.8 Å². The molecule has 2 aromatic carbocycles. The number of rotatable bonds is 5. The first-order chi connectivity index (χ1) is 14.0. The molecule has 4 rings (SSSR count). The third-order valence-electron chi connectivity index (χ3n) is 5.45. The van der Waals surface area contributed by atoms with Crippen LogP contribution in [0.2, 0.25) is 0 Å². The molecule has 0 radical (unpaired) electrons. The number of fused-ring (bicyclic) bond motifs is 3. The quantitative estimate of drug-likeness (QED) is 0.484. The summed E-state index contributed by atoms with van der Waals surface area (Å²) in [5, 5.41) is 1.18. The van der Waals surface area contributed by atoms with Crippen LogP contribution >= 0.6 is 8.38 Å². The van der Waals surface area contributed by atoms with Crippen molar-refractivity contribution in [2.75, 3.05) is 6.61 Å². The molecule has 2 aromatic rings. The van der Waals surface area contributed by atoms with E-state index in [0.29, 0.717) is 18.4 Å². The summed E-state index contributed by atoms with van der Waals surface area (Å²) < 4.78 is 12.7. The van der Waals surface area contributed by atoms with Crippen molar-refractivity contribution >= 4 is 13.7 Å². The first-order valence-corrected chi connectivity index (χ1v) is 11.6. The van der Waals surface area contributed by atoms with Crippen LogP contribution in [0, 0.1) is 0 Å². The second-order valence-corrected chi connectivity index (χ2v) is 9.70. The molecule has 1 heterocycles. The minimum atomic E-state index is -1.16. The van der Waals surface area contributed by atoms with Crippen LogP contribution in [0.3, 0.4) is 0 Å². The van der Waals surface area contributed by atoms with E-state index in [1.165, 1.54) is 33.1 Å². The molecule has 0 saturated heterocycles. The minimum absolute atomic E-state index is 0.485. The summed E-state index contributed by atoms with van der Waals surface area (Å²) in [4.78, 5) is 0. The van der Waals surface area contributed by atoms with Gasteiger partial charge in [0.1, 0.15) is 5.75 Å². The zero-order valence-electron chi connectivity index (χ0n) is 17.7. The van der Waals surface area contributed by atoms with Crippen molar-refractivity contribution in [3.8, 4) is 16.9 Å². The van der Waals surface area contributed by atoms with Crippen molar-refractivity contribution in [1.82, 2.24) is 0 Å². The highest BCUT2D eigenvalue weighted by Crippen LogP contribution is 2.50. The first-order valence-electron chi connectivity index (χ1n) is 10.4. The van der Waals surface area contributed by atoms with Crippen LogP contribution in [0.15, 0.2) is 72.4 Å². The molecular weight excluding hydrogens is 375 g/mol. The van der Waals surface area contributed by atoms with Crippen LogP contribution in [0.25, 0.3) is 11.1 Å². The molecule has 1 aliphatic carbocycles. The van der Waals surface area contributed by atoms with Crippen molar-refractivity contribution in [1.29, 1.82) is 0 Å². The van der Waals surface area contributed by atoms with E-state index in [0.717, 1.165) is 12.2 Å². The van der Waals surface area contributed by atoms with E-state index in [-0.39, 0.29) is 0 Å². The van der Waals surface area contributed by atoms with Crippen LogP contribution in [-0.2, 0) is 4.52 Å². The fraction of sp³-hybridized carbons (Fsp3) is 0.308. The molecule has 1 atom stereocenters. The summed E-state index contributed by atoms with van der Waals surface area (Å²) in [5.41, 5.74) is 6.33. The maximum atomic E-state index is 6.39. The molecule has 0 amide bonds.